The fourth-order valence-electron chi connectivity index (χ4n) is 1.89. The highest BCUT2D eigenvalue weighted by molar-refractivity contribution is 9.11. The zero-order valence-corrected chi connectivity index (χ0v) is 12.6. The number of fused-ring (bicyclic) bond motifs is 1. The van der Waals surface area contributed by atoms with Gasteiger partial charge in [-0.15, -0.1) is 10.2 Å². The first kappa shape index (κ1) is 12.7. The number of hydrogen-bond donors (Lipinski definition) is 0. The molecule has 0 spiro atoms. The van der Waals surface area contributed by atoms with Crippen LogP contribution in [0.5, 0.6) is 11.5 Å². The Balaban J connectivity index is 1.66. The normalized spacial score (nSPS) is 17.3. The smallest absolute Gasteiger partial charge is 0.208 e. The number of hydrogen-bond acceptors (Lipinski definition) is 6. The van der Waals surface area contributed by atoms with Crippen LogP contribution in [0.4, 0.5) is 5.13 Å². The van der Waals surface area contributed by atoms with E-state index in [1.807, 2.05) is 36.2 Å². The molecule has 3 rings (SSSR count). The van der Waals surface area contributed by atoms with Gasteiger partial charge in [-0.1, -0.05) is 23.5 Å². The van der Waals surface area contributed by atoms with Gasteiger partial charge in [-0.2, -0.15) is 0 Å². The van der Waals surface area contributed by atoms with Gasteiger partial charge in [-0.25, -0.2) is 0 Å². The summed E-state index contributed by atoms with van der Waals surface area (Å²) in [7, 11) is 1.97. The van der Waals surface area contributed by atoms with Crippen molar-refractivity contribution >= 4 is 32.4 Å². The number of aromatic nitrogens is 2. The summed E-state index contributed by atoms with van der Waals surface area (Å²) in [6.45, 7) is 1.25. The number of ether oxygens (including phenoxy) is 2. The Kier molecular flexibility index (Phi) is 3.56. The predicted octanol–water partition coefficient (Wildman–Crippen LogP) is 2.58. The molecule has 1 atom stereocenters. The second-order valence-electron chi connectivity index (χ2n) is 4.22. The molecule has 19 heavy (non-hydrogen) atoms. The van der Waals surface area contributed by atoms with E-state index in [1.54, 1.807) is 0 Å². The number of halogens is 1. The van der Waals surface area contributed by atoms with Crippen LogP contribution in [0.2, 0.25) is 0 Å². The van der Waals surface area contributed by atoms with Crippen LogP contribution in [0.1, 0.15) is 0 Å². The lowest BCUT2D eigenvalue weighted by atomic mass is 10.2. The van der Waals surface area contributed by atoms with Gasteiger partial charge in [-0.3, -0.25) is 0 Å². The van der Waals surface area contributed by atoms with Gasteiger partial charge in [0.25, 0.3) is 0 Å². The van der Waals surface area contributed by atoms with Crippen molar-refractivity contribution in [2.75, 3.05) is 25.1 Å². The molecule has 0 amide bonds. The quantitative estimate of drug-likeness (QED) is 0.858. The molecule has 0 N–H and O–H groups in total. The highest BCUT2D eigenvalue weighted by Gasteiger charge is 2.23. The van der Waals surface area contributed by atoms with Crippen molar-refractivity contribution in [2.24, 2.45) is 0 Å². The van der Waals surface area contributed by atoms with E-state index in [9.17, 15) is 0 Å². The summed E-state index contributed by atoms with van der Waals surface area (Å²) in [6.07, 6.45) is -0.0115. The molecule has 1 aromatic carbocycles. The molecule has 0 radical (unpaired) electrons. The van der Waals surface area contributed by atoms with Gasteiger partial charge in [0.2, 0.25) is 5.13 Å². The summed E-state index contributed by atoms with van der Waals surface area (Å²) < 4.78 is 12.4. The van der Waals surface area contributed by atoms with Crippen molar-refractivity contribution in [3.63, 3.8) is 0 Å². The van der Waals surface area contributed by atoms with E-state index in [4.69, 9.17) is 9.47 Å². The molecule has 0 saturated heterocycles. The third-order valence-electron chi connectivity index (χ3n) is 2.76. The third kappa shape index (κ3) is 2.82. The number of likely N-dealkylation sites (N-methyl/N-ethyl adjacent to an activating group) is 1. The first-order valence-electron chi connectivity index (χ1n) is 5.81. The van der Waals surface area contributed by atoms with Gasteiger partial charge in [0, 0.05) is 7.05 Å². The fourth-order valence-corrected chi connectivity index (χ4v) is 2.95. The Labute approximate surface area is 123 Å². The molecular weight excluding hydrogens is 330 g/mol. The van der Waals surface area contributed by atoms with Crippen LogP contribution in [-0.4, -0.2) is 36.5 Å². The number of benzene rings is 1. The second kappa shape index (κ2) is 5.34. The van der Waals surface area contributed by atoms with Gasteiger partial charge in [0.05, 0.1) is 6.54 Å². The minimum Gasteiger partial charge on any atom is -0.486 e. The molecule has 0 saturated carbocycles. The van der Waals surface area contributed by atoms with Gasteiger partial charge < -0.3 is 14.4 Å². The highest BCUT2D eigenvalue weighted by Crippen LogP contribution is 2.31. The third-order valence-corrected chi connectivity index (χ3v) is 4.23. The van der Waals surface area contributed by atoms with Crippen LogP contribution >= 0.6 is 27.3 Å². The monoisotopic (exact) mass is 341 g/mol. The Morgan fingerprint density at radius 2 is 2.16 bits per heavy atom. The van der Waals surface area contributed by atoms with Crippen LogP contribution in [0.15, 0.2) is 28.2 Å². The van der Waals surface area contributed by atoms with Crippen LogP contribution in [-0.2, 0) is 0 Å². The number of anilines is 1. The van der Waals surface area contributed by atoms with E-state index in [1.165, 1.54) is 11.3 Å². The molecule has 0 fully saturated rings. The van der Waals surface area contributed by atoms with E-state index in [-0.39, 0.29) is 6.10 Å². The summed E-state index contributed by atoms with van der Waals surface area (Å²) >= 11 is 4.80. The lowest BCUT2D eigenvalue weighted by Crippen LogP contribution is -2.39. The molecule has 100 valence electrons. The first-order valence-corrected chi connectivity index (χ1v) is 7.42. The number of para-hydroxylation sites is 2. The lowest BCUT2D eigenvalue weighted by molar-refractivity contribution is 0.0960. The van der Waals surface area contributed by atoms with Gasteiger partial charge in [-0.05, 0) is 28.1 Å². The Bertz CT molecular complexity index is 578. The molecule has 2 aromatic rings. The molecular formula is C12H12BrN3O2S. The fraction of sp³-hybridized carbons (Fsp3) is 0.333. The summed E-state index contributed by atoms with van der Waals surface area (Å²) in [5, 5.41) is 8.87. The lowest BCUT2D eigenvalue weighted by Gasteiger charge is -2.29. The van der Waals surface area contributed by atoms with E-state index < -0.39 is 0 Å². The van der Waals surface area contributed by atoms with Crippen molar-refractivity contribution < 1.29 is 9.47 Å². The van der Waals surface area contributed by atoms with Crippen molar-refractivity contribution in [3.05, 3.63) is 28.2 Å². The van der Waals surface area contributed by atoms with Crippen LogP contribution in [0, 0.1) is 0 Å². The summed E-state index contributed by atoms with van der Waals surface area (Å²) in [5.74, 6) is 1.60. The first-order chi connectivity index (χ1) is 9.22. The topological polar surface area (TPSA) is 47.5 Å². The van der Waals surface area contributed by atoms with E-state index in [2.05, 4.69) is 26.1 Å². The van der Waals surface area contributed by atoms with Crippen molar-refractivity contribution in [2.45, 2.75) is 6.10 Å². The SMILES string of the molecule is CN(C[C@H]1COc2ccccc2O1)c1nnc(Br)s1. The molecule has 0 unspecified atom stereocenters. The zero-order valence-electron chi connectivity index (χ0n) is 10.2. The number of nitrogens with zero attached hydrogens (tertiary/aromatic N) is 3. The Morgan fingerprint density at radius 3 is 2.89 bits per heavy atom. The van der Waals surface area contributed by atoms with Crippen LogP contribution in [0.25, 0.3) is 0 Å². The minimum atomic E-state index is -0.0115. The number of rotatable bonds is 3. The van der Waals surface area contributed by atoms with Crippen molar-refractivity contribution in [1.82, 2.24) is 10.2 Å². The second-order valence-corrected chi connectivity index (χ2v) is 6.45. The van der Waals surface area contributed by atoms with Crippen molar-refractivity contribution in [1.29, 1.82) is 0 Å². The van der Waals surface area contributed by atoms with Gasteiger partial charge >= 0.3 is 0 Å². The largest absolute Gasteiger partial charge is 0.486 e. The van der Waals surface area contributed by atoms with Crippen molar-refractivity contribution in [3.8, 4) is 11.5 Å². The standard InChI is InChI=1S/C12H12BrN3O2S/c1-16(12-15-14-11(13)19-12)6-8-7-17-9-4-2-3-5-10(9)18-8/h2-5,8H,6-7H2,1H3/t8-/m0/s1. The van der Waals surface area contributed by atoms with E-state index in [0.29, 0.717) is 13.2 Å². The van der Waals surface area contributed by atoms with Crippen LogP contribution in [0.3, 0.4) is 0 Å². The van der Waals surface area contributed by atoms with Gasteiger partial charge in [0.1, 0.15) is 6.61 Å². The average Bonchev–Trinajstić information content (AvgIpc) is 2.85. The summed E-state index contributed by atoms with van der Waals surface area (Å²) in [4.78, 5) is 2.02. The van der Waals surface area contributed by atoms with Gasteiger partial charge in [0.15, 0.2) is 21.5 Å². The van der Waals surface area contributed by atoms with E-state index >= 15 is 0 Å². The summed E-state index contributed by atoms with van der Waals surface area (Å²) in [6, 6.07) is 7.71. The maximum atomic E-state index is 5.91. The molecule has 1 aliphatic heterocycles. The highest BCUT2D eigenvalue weighted by atomic mass is 79.9. The minimum absolute atomic E-state index is 0.0115. The summed E-state index contributed by atoms with van der Waals surface area (Å²) in [5.41, 5.74) is 0. The van der Waals surface area contributed by atoms with Crippen LogP contribution < -0.4 is 14.4 Å². The Morgan fingerprint density at radius 1 is 1.37 bits per heavy atom. The molecule has 2 heterocycles. The Hall–Kier alpha value is -1.34. The maximum Gasteiger partial charge on any atom is 0.208 e. The molecule has 5 nitrogen and oxygen atoms in total. The maximum absolute atomic E-state index is 5.91. The predicted molar refractivity (Wildman–Crippen MR) is 77.2 cm³/mol. The molecule has 7 heteroatoms. The molecule has 1 aliphatic rings. The zero-order chi connectivity index (χ0) is 13.2. The van der Waals surface area contributed by atoms with E-state index in [0.717, 1.165) is 20.5 Å². The molecule has 0 bridgehead atoms. The molecule has 1 aromatic heterocycles. The average molecular weight is 342 g/mol. The molecule has 0 aliphatic carbocycles.